The van der Waals surface area contributed by atoms with Crippen molar-refractivity contribution in [1.82, 2.24) is 10.4 Å². The average molecular weight is 281 g/mol. The van der Waals surface area contributed by atoms with Gasteiger partial charge in [-0.2, -0.15) is 18.3 Å². The number of nitrogens with one attached hydrogen (secondary N) is 2. The molecule has 2 N–H and O–H groups in total. The molecule has 0 aliphatic carbocycles. The zero-order valence-electron chi connectivity index (χ0n) is 10.2. The lowest BCUT2D eigenvalue weighted by Gasteiger charge is -2.11. The molecule has 1 amide bonds. The highest BCUT2D eigenvalue weighted by Crippen LogP contribution is 2.31. The first-order valence-electron chi connectivity index (χ1n) is 5.99. The molecule has 0 atom stereocenters. The van der Waals surface area contributed by atoms with E-state index in [4.69, 9.17) is 0 Å². The summed E-state index contributed by atoms with van der Waals surface area (Å²) in [5, 5.41) is 4.39. The Morgan fingerprint density at radius 1 is 1.15 bits per heavy atom. The highest BCUT2D eigenvalue weighted by atomic mass is 19.4. The highest BCUT2D eigenvalue weighted by molar-refractivity contribution is 6.06. The third-order valence-corrected chi connectivity index (χ3v) is 3.16. The van der Waals surface area contributed by atoms with Crippen molar-refractivity contribution >= 4 is 22.5 Å². The van der Waals surface area contributed by atoms with Crippen molar-refractivity contribution in [3.8, 4) is 0 Å². The molecule has 0 spiro atoms. The number of alkyl halides is 3. The molecule has 0 bridgehead atoms. The summed E-state index contributed by atoms with van der Waals surface area (Å²) in [6.45, 7) is 0. The fourth-order valence-corrected chi connectivity index (χ4v) is 2.15. The van der Waals surface area contributed by atoms with Crippen LogP contribution in [0.25, 0.3) is 10.9 Å². The Morgan fingerprint density at radius 2 is 1.95 bits per heavy atom. The molecular formula is C13H10F3N3O. The molecule has 1 aliphatic rings. The number of hydrogen-bond acceptors (Lipinski definition) is 2. The molecule has 1 aromatic heterocycles. The predicted molar refractivity (Wildman–Crippen MR) is 67.2 cm³/mol. The number of nitrogens with zero attached hydrogens (tertiary/aromatic N) is 1. The Balaban J connectivity index is 2.01. The Kier molecular flexibility index (Phi) is 2.77. The second-order valence-corrected chi connectivity index (χ2v) is 4.58. The van der Waals surface area contributed by atoms with Crippen LogP contribution in [0.5, 0.6) is 0 Å². The van der Waals surface area contributed by atoms with E-state index < -0.39 is 11.9 Å². The van der Waals surface area contributed by atoms with Gasteiger partial charge in [-0.05, 0) is 23.8 Å². The molecule has 0 saturated carbocycles. The lowest BCUT2D eigenvalue weighted by molar-refractivity contribution is -0.140. The summed E-state index contributed by atoms with van der Waals surface area (Å²) in [4.78, 5) is 13.4. The number of rotatable bonds is 1. The topological polar surface area (TPSA) is 57.2 Å². The smallest absolute Gasteiger partial charge is 0.351 e. The summed E-state index contributed by atoms with van der Waals surface area (Å²) >= 11 is 0. The zero-order chi connectivity index (χ0) is 14.3. The van der Waals surface area contributed by atoms with Crippen molar-refractivity contribution in [3.63, 3.8) is 0 Å². The van der Waals surface area contributed by atoms with Gasteiger partial charge in [0.2, 0.25) is 5.91 Å². The number of aromatic nitrogens is 1. The molecule has 2 heterocycles. The number of H-pyrrole nitrogens is 1. The van der Waals surface area contributed by atoms with Crippen molar-refractivity contribution in [2.24, 2.45) is 5.10 Å². The number of carbonyl (C=O) groups excluding carboxylic acids is 1. The molecule has 0 saturated heterocycles. The molecule has 1 aliphatic heterocycles. The minimum Gasteiger partial charge on any atom is -0.351 e. The van der Waals surface area contributed by atoms with Gasteiger partial charge in [-0.1, -0.05) is 6.07 Å². The maximum atomic E-state index is 12.6. The maximum absolute atomic E-state index is 12.6. The van der Waals surface area contributed by atoms with E-state index >= 15 is 0 Å². The van der Waals surface area contributed by atoms with E-state index in [1.54, 1.807) is 18.2 Å². The number of carbonyl (C=O) groups is 1. The third-order valence-electron chi connectivity index (χ3n) is 3.16. The summed E-state index contributed by atoms with van der Waals surface area (Å²) in [7, 11) is 0. The van der Waals surface area contributed by atoms with E-state index in [1.807, 2.05) is 0 Å². The summed E-state index contributed by atoms with van der Waals surface area (Å²) in [5.41, 5.74) is 3.39. The molecule has 0 fully saturated rings. The summed E-state index contributed by atoms with van der Waals surface area (Å²) in [5.74, 6) is -0.157. The molecule has 2 aromatic rings. The summed E-state index contributed by atoms with van der Waals surface area (Å²) in [6, 6.07) is 5.98. The van der Waals surface area contributed by atoms with Crippen molar-refractivity contribution < 1.29 is 18.0 Å². The van der Waals surface area contributed by atoms with Gasteiger partial charge >= 0.3 is 6.18 Å². The second kappa shape index (κ2) is 4.36. The van der Waals surface area contributed by atoms with Crippen molar-refractivity contribution in [1.29, 1.82) is 0 Å². The number of hydrogen-bond donors (Lipinski definition) is 2. The lowest BCUT2D eigenvalue weighted by Crippen LogP contribution is -2.25. The van der Waals surface area contributed by atoms with Crippen LogP contribution in [-0.4, -0.2) is 16.6 Å². The normalized spacial score (nSPS) is 16.1. The molecule has 0 radical (unpaired) electrons. The van der Waals surface area contributed by atoms with E-state index in [-0.39, 0.29) is 5.91 Å². The van der Waals surface area contributed by atoms with Crippen molar-refractivity contribution in [3.05, 3.63) is 35.5 Å². The van der Waals surface area contributed by atoms with Crippen LogP contribution in [0.4, 0.5) is 13.2 Å². The van der Waals surface area contributed by atoms with E-state index in [0.29, 0.717) is 35.0 Å². The molecular weight excluding hydrogens is 271 g/mol. The molecule has 7 heteroatoms. The summed E-state index contributed by atoms with van der Waals surface area (Å²) < 4.78 is 37.9. The van der Waals surface area contributed by atoms with Crippen LogP contribution in [0.2, 0.25) is 0 Å². The maximum Gasteiger partial charge on any atom is 0.431 e. The highest BCUT2D eigenvalue weighted by Gasteiger charge is 2.32. The van der Waals surface area contributed by atoms with Crippen LogP contribution in [0.1, 0.15) is 24.1 Å². The number of aromatic amines is 1. The van der Waals surface area contributed by atoms with Crippen LogP contribution >= 0.6 is 0 Å². The molecule has 1 aromatic carbocycles. The molecule has 0 unspecified atom stereocenters. The monoisotopic (exact) mass is 281 g/mol. The zero-order valence-corrected chi connectivity index (χ0v) is 10.2. The van der Waals surface area contributed by atoms with Gasteiger partial charge in [-0.15, -0.1) is 0 Å². The molecule has 104 valence electrons. The van der Waals surface area contributed by atoms with Crippen molar-refractivity contribution in [2.75, 3.05) is 0 Å². The van der Waals surface area contributed by atoms with Gasteiger partial charge in [0.05, 0.1) is 5.71 Å². The average Bonchev–Trinajstić information content (AvgIpc) is 2.82. The Labute approximate surface area is 111 Å². The summed E-state index contributed by atoms with van der Waals surface area (Å²) in [6.07, 6.45) is -3.58. The van der Waals surface area contributed by atoms with Gasteiger partial charge in [0.1, 0.15) is 5.69 Å². The fourth-order valence-electron chi connectivity index (χ4n) is 2.15. The molecule has 3 rings (SSSR count). The first-order chi connectivity index (χ1) is 9.43. The Hall–Kier alpha value is -2.31. The van der Waals surface area contributed by atoms with Crippen LogP contribution in [-0.2, 0) is 11.0 Å². The number of benzene rings is 1. The third kappa shape index (κ3) is 2.26. The first kappa shape index (κ1) is 12.7. The largest absolute Gasteiger partial charge is 0.431 e. The van der Waals surface area contributed by atoms with Crippen molar-refractivity contribution in [2.45, 2.75) is 19.0 Å². The quantitative estimate of drug-likeness (QED) is 0.829. The van der Waals surface area contributed by atoms with Crippen LogP contribution < -0.4 is 5.43 Å². The van der Waals surface area contributed by atoms with Gasteiger partial charge in [-0.3, -0.25) is 4.79 Å². The number of fused-ring (bicyclic) bond motifs is 1. The minimum atomic E-state index is -4.39. The van der Waals surface area contributed by atoms with E-state index in [2.05, 4.69) is 15.5 Å². The standard InChI is InChI=1S/C13H10F3N3O/c14-13(15,16)11-6-8-5-7(1-2-9(8)17-11)10-3-4-12(20)19-18-10/h1-2,5-6,17H,3-4H2,(H,19,20). The van der Waals surface area contributed by atoms with E-state index in [0.717, 1.165) is 6.07 Å². The van der Waals surface area contributed by atoms with Gasteiger partial charge < -0.3 is 4.98 Å². The van der Waals surface area contributed by atoms with Crippen LogP contribution in [0, 0.1) is 0 Å². The Morgan fingerprint density at radius 3 is 2.60 bits per heavy atom. The van der Waals surface area contributed by atoms with E-state index in [1.165, 1.54) is 0 Å². The number of halogens is 3. The van der Waals surface area contributed by atoms with Gasteiger partial charge in [0, 0.05) is 23.7 Å². The lowest BCUT2D eigenvalue weighted by atomic mass is 10.0. The van der Waals surface area contributed by atoms with Gasteiger partial charge in [0.25, 0.3) is 0 Å². The van der Waals surface area contributed by atoms with Gasteiger partial charge in [0.15, 0.2) is 0 Å². The molecule has 20 heavy (non-hydrogen) atoms. The fraction of sp³-hybridized carbons (Fsp3) is 0.231. The van der Waals surface area contributed by atoms with Gasteiger partial charge in [-0.25, -0.2) is 5.43 Å². The second-order valence-electron chi connectivity index (χ2n) is 4.58. The minimum absolute atomic E-state index is 0.157. The van der Waals surface area contributed by atoms with E-state index in [9.17, 15) is 18.0 Å². The molecule has 4 nitrogen and oxygen atoms in total. The number of amides is 1. The van der Waals surface area contributed by atoms with Crippen LogP contribution in [0.15, 0.2) is 29.4 Å². The number of hydrazone groups is 1. The first-order valence-corrected chi connectivity index (χ1v) is 5.99. The predicted octanol–water partition coefficient (Wildman–Crippen LogP) is 2.80. The SMILES string of the molecule is O=C1CCC(c2ccc3[nH]c(C(F)(F)F)cc3c2)=NN1. The Bertz CT molecular complexity index is 715. The van der Waals surface area contributed by atoms with Crippen LogP contribution in [0.3, 0.4) is 0 Å².